The summed E-state index contributed by atoms with van der Waals surface area (Å²) in [5, 5.41) is 9.37. The van der Waals surface area contributed by atoms with E-state index >= 15 is 0 Å². The van der Waals surface area contributed by atoms with Crippen LogP contribution in [0.25, 0.3) is 6.08 Å². The maximum absolute atomic E-state index is 13.6. The fourth-order valence-corrected chi connectivity index (χ4v) is 6.46. The second-order valence-corrected chi connectivity index (χ2v) is 11.2. The Morgan fingerprint density at radius 1 is 1.05 bits per heavy atom. The number of allylic oxidation sites excluding steroid dienone is 1. The summed E-state index contributed by atoms with van der Waals surface area (Å²) >= 11 is 0. The van der Waals surface area contributed by atoms with Gasteiger partial charge in [0.05, 0.1) is 6.20 Å². The minimum absolute atomic E-state index is 0.0317. The standard InChI is InChI=1S/C30H39N5O4/c31-16-11-24(29(38)35-18-14-30(15-19-35)13-10-22-8-4-5-9-23(22)30)33-27(36)25(20-21-6-2-1-3-7-21)34-28(37)26-12-17-32-39-26/h4-5,8-10,12-13,17,21,24-25H,1-3,6-7,11,14-16,18-20,31H2,(H,33,36)(H,34,37)/t24-,25-/m0/s1. The van der Waals surface area contributed by atoms with E-state index in [1.165, 1.54) is 29.8 Å². The van der Waals surface area contributed by atoms with Crippen molar-refractivity contribution in [3.8, 4) is 0 Å². The van der Waals surface area contributed by atoms with Gasteiger partial charge < -0.3 is 25.8 Å². The molecule has 39 heavy (non-hydrogen) atoms. The molecule has 0 unspecified atom stereocenters. The lowest BCUT2D eigenvalue weighted by atomic mass is 9.74. The lowest BCUT2D eigenvalue weighted by Crippen LogP contribution is -2.56. The zero-order chi connectivity index (χ0) is 27.2. The topological polar surface area (TPSA) is 131 Å². The van der Waals surface area contributed by atoms with Crippen molar-refractivity contribution < 1.29 is 18.9 Å². The third-order valence-corrected chi connectivity index (χ3v) is 8.69. The normalized spacial score (nSPS) is 19.9. The summed E-state index contributed by atoms with van der Waals surface area (Å²) in [7, 11) is 0. The minimum Gasteiger partial charge on any atom is -0.351 e. The number of nitrogens with zero attached hydrogens (tertiary/aromatic N) is 2. The molecule has 2 aromatic rings. The van der Waals surface area contributed by atoms with Gasteiger partial charge in [-0.25, -0.2) is 0 Å². The van der Waals surface area contributed by atoms with E-state index in [4.69, 9.17) is 10.3 Å². The van der Waals surface area contributed by atoms with Gasteiger partial charge in [-0.2, -0.15) is 0 Å². The quantitative estimate of drug-likeness (QED) is 0.454. The van der Waals surface area contributed by atoms with E-state index in [1.807, 2.05) is 4.90 Å². The number of hydrogen-bond donors (Lipinski definition) is 3. The number of fused-ring (bicyclic) bond motifs is 2. The summed E-state index contributed by atoms with van der Waals surface area (Å²) in [5.74, 6) is -0.570. The number of benzene rings is 1. The van der Waals surface area contributed by atoms with Gasteiger partial charge in [-0.3, -0.25) is 14.4 Å². The first-order valence-corrected chi connectivity index (χ1v) is 14.3. The van der Waals surface area contributed by atoms with E-state index in [9.17, 15) is 14.4 Å². The Labute approximate surface area is 229 Å². The molecule has 4 N–H and O–H groups in total. The molecule has 2 heterocycles. The van der Waals surface area contributed by atoms with Gasteiger partial charge >= 0.3 is 0 Å². The van der Waals surface area contributed by atoms with Crippen LogP contribution in [0.1, 0.15) is 79.5 Å². The number of piperidine rings is 1. The predicted octanol–water partition coefficient (Wildman–Crippen LogP) is 3.16. The van der Waals surface area contributed by atoms with Gasteiger partial charge in [0.1, 0.15) is 12.1 Å². The number of likely N-dealkylation sites (tertiary alicyclic amines) is 1. The molecule has 208 valence electrons. The molecular weight excluding hydrogens is 494 g/mol. The summed E-state index contributed by atoms with van der Waals surface area (Å²) in [6.07, 6.45) is 13.9. The highest BCUT2D eigenvalue weighted by molar-refractivity contribution is 5.96. The number of aromatic nitrogens is 1. The molecule has 1 saturated carbocycles. The number of carbonyl (C=O) groups excluding carboxylic acids is 3. The summed E-state index contributed by atoms with van der Waals surface area (Å²) in [6.45, 7) is 1.49. The van der Waals surface area contributed by atoms with Crippen molar-refractivity contribution in [1.82, 2.24) is 20.7 Å². The molecule has 1 aliphatic heterocycles. The zero-order valence-corrected chi connectivity index (χ0v) is 22.4. The Bertz CT molecular complexity index is 1180. The van der Waals surface area contributed by atoms with E-state index in [0.717, 1.165) is 38.5 Å². The fourth-order valence-electron chi connectivity index (χ4n) is 6.46. The second-order valence-electron chi connectivity index (χ2n) is 11.2. The van der Waals surface area contributed by atoms with Crippen molar-refractivity contribution in [2.24, 2.45) is 11.7 Å². The average molecular weight is 534 g/mol. The number of nitrogens with one attached hydrogen (secondary N) is 2. The highest BCUT2D eigenvalue weighted by atomic mass is 16.5. The summed E-state index contributed by atoms with van der Waals surface area (Å²) in [6, 6.07) is 8.40. The lowest BCUT2D eigenvalue weighted by molar-refractivity contribution is -0.138. The Hall–Kier alpha value is -3.46. The molecule has 3 amide bonds. The molecule has 1 aromatic carbocycles. The Balaban J connectivity index is 1.24. The molecule has 5 rings (SSSR count). The lowest BCUT2D eigenvalue weighted by Gasteiger charge is -2.40. The van der Waals surface area contributed by atoms with Crippen molar-refractivity contribution in [2.45, 2.75) is 75.3 Å². The van der Waals surface area contributed by atoms with Crippen LogP contribution in [0.5, 0.6) is 0 Å². The third-order valence-electron chi connectivity index (χ3n) is 8.69. The first-order valence-electron chi connectivity index (χ1n) is 14.3. The highest BCUT2D eigenvalue weighted by Crippen LogP contribution is 2.43. The van der Waals surface area contributed by atoms with E-state index in [1.54, 1.807) is 0 Å². The van der Waals surface area contributed by atoms with E-state index in [2.05, 4.69) is 52.2 Å². The molecule has 9 heteroatoms. The molecule has 0 bridgehead atoms. The molecule has 1 saturated heterocycles. The first-order chi connectivity index (χ1) is 19.0. The molecule has 0 radical (unpaired) electrons. The van der Waals surface area contributed by atoms with Gasteiger partial charge in [-0.1, -0.05) is 73.7 Å². The number of amides is 3. The van der Waals surface area contributed by atoms with Gasteiger partial charge in [0.15, 0.2) is 0 Å². The number of hydrogen-bond acceptors (Lipinski definition) is 6. The van der Waals surface area contributed by atoms with Crippen molar-refractivity contribution in [2.75, 3.05) is 19.6 Å². The molecule has 1 aromatic heterocycles. The van der Waals surface area contributed by atoms with Crippen LogP contribution in [0.2, 0.25) is 0 Å². The van der Waals surface area contributed by atoms with Crippen LogP contribution in [0.15, 0.2) is 47.1 Å². The maximum atomic E-state index is 13.6. The van der Waals surface area contributed by atoms with Crippen LogP contribution in [0.4, 0.5) is 0 Å². The van der Waals surface area contributed by atoms with Crippen molar-refractivity contribution >= 4 is 23.8 Å². The van der Waals surface area contributed by atoms with Crippen molar-refractivity contribution in [1.29, 1.82) is 0 Å². The van der Waals surface area contributed by atoms with Crippen LogP contribution in [0, 0.1) is 5.92 Å². The van der Waals surface area contributed by atoms with Gasteiger partial charge in [-0.05, 0) is 49.3 Å². The average Bonchev–Trinajstić information content (AvgIpc) is 3.63. The third kappa shape index (κ3) is 6.08. The number of carbonyl (C=O) groups is 3. The largest absolute Gasteiger partial charge is 0.351 e. The molecule has 2 atom stereocenters. The van der Waals surface area contributed by atoms with Crippen molar-refractivity contribution in [3.05, 3.63) is 59.5 Å². The number of nitrogens with two attached hydrogens (primary N) is 1. The van der Waals surface area contributed by atoms with Gasteiger partial charge in [0.2, 0.25) is 17.6 Å². The molecule has 3 aliphatic rings. The smallest absolute Gasteiger partial charge is 0.290 e. The van der Waals surface area contributed by atoms with E-state index in [0.29, 0.717) is 31.8 Å². The van der Waals surface area contributed by atoms with E-state index in [-0.39, 0.29) is 29.5 Å². The molecule has 1 spiro atoms. The number of rotatable bonds is 9. The molecule has 2 aliphatic carbocycles. The summed E-state index contributed by atoms with van der Waals surface area (Å²) < 4.78 is 4.99. The van der Waals surface area contributed by atoms with Crippen LogP contribution in [0.3, 0.4) is 0 Å². The maximum Gasteiger partial charge on any atom is 0.290 e. The predicted molar refractivity (Wildman–Crippen MR) is 148 cm³/mol. The van der Waals surface area contributed by atoms with Crippen molar-refractivity contribution in [3.63, 3.8) is 0 Å². The SMILES string of the molecule is NCC[C@H](NC(=O)[C@H](CC1CCCCC1)NC(=O)c1ccno1)C(=O)N1CCC2(C=Cc3ccccc32)CC1. The van der Waals surface area contributed by atoms with E-state index < -0.39 is 18.0 Å². The Kier molecular flexibility index (Phi) is 8.45. The molecular formula is C30H39N5O4. The van der Waals surface area contributed by atoms with Crippen LogP contribution >= 0.6 is 0 Å². The van der Waals surface area contributed by atoms with Gasteiger partial charge in [0.25, 0.3) is 5.91 Å². The minimum atomic E-state index is -0.775. The summed E-state index contributed by atoms with van der Waals surface area (Å²) in [4.78, 5) is 41.8. The fraction of sp³-hybridized carbons (Fsp3) is 0.533. The van der Waals surface area contributed by atoms with Crippen LogP contribution in [-0.4, -0.2) is 59.5 Å². The Morgan fingerprint density at radius 3 is 2.54 bits per heavy atom. The zero-order valence-electron chi connectivity index (χ0n) is 22.4. The summed E-state index contributed by atoms with van der Waals surface area (Å²) in [5.41, 5.74) is 8.42. The second kappa shape index (κ2) is 12.2. The van der Waals surface area contributed by atoms with Crippen LogP contribution in [-0.2, 0) is 15.0 Å². The molecule has 9 nitrogen and oxygen atoms in total. The van der Waals surface area contributed by atoms with Crippen LogP contribution < -0.4 is 16.4 Å². The first kappa shape index (κ1) is 27.1. The van der Waals surface area contributed by atoms with Gasteiger partial charge in [-0.15, -0.1) is 0 Å². The highest BCUT2D eigenvalue weighted by Gasteiger charge is 2.40. The monoisotopic (exact) mass is 533 g/mol. The van der Waals surface area contributed by atoms with Gasteiger partial charge in [0, 0.05) is 24.6 Å². The Morgan fingerprint density at radius 2 is 1.82 bits per heavy atom. The molecule has 2 fully saturated rings.